The first-order valence-corrected chi connectivity index (χ1v) is 6.30. The van der Waals surface area contributed by atoms with E-state index in [9.17, 15) is 9.59 Å². The second-order valence-corrected chi connectivity index (χ2v) is 4.38. The third kappa shape index (κ3) is 5.66. The summed E-state index contributed by atoms with van der Waals surface area (Å²) in [5.41, 5.74) is 1.05. The normalized spacial score (nSPS) is 17.7. The predicted octanol–water partition coefficient (Wildman–Crippen LogP) is 1.95. The molecule has 1 unspecified atom stereocenters. The van der Waals surface area contributed by atoms with E-state index in [0.29, 0.717) is 11.1 Å². The van der Waals surface area contributed by atoms with Gasteiger partial charge in [0.05, 0.1) is 12.9 Å². The molecule has 0 saturated heterocycles. The number of carbonyl (C=O) groups is 2. The van der Waals surface area contributed by atoms with Gasteiger partial charge < -0.3 is 19.3 Å². The van der Waals surface area contributed by atoms with Crippen molar-refractivity contribution in [2.75, 3.05) is 13.2 Å². The van der Waals surface area contributed by atoms with Crippen molar-refractivity contribution in [3.63, 3.8) is 0 Å². The molecule has 0 fully saturated rings. The predicted molar refractivity (Wildman–Crippen MR) is 75.2 cm³/mol. The maximum atomic E-state index is 11.2. The van der Waals surface area contributed by atoms with E-state index in [4.69, 9.17) is 19.3 Å². The summed E-state index contributed by atoms with van der Waals surface area (Å²) in [5, 5.41) is 8.87. The summed E-state index contributed by atoms with van der Waals surface area (Å²) >= 11 is 0. The highest BCUT2D eigenvalue weighted by atomic mass is 16.7. The standard InChI is InChI=1S/C15H18O6/c1-10(2)14(18)19-7-8-21-15-12(5-4-6-20-15)9-11(3)13(16)17/h4-6,9,15H,1,7-8H2,2-3H3,(H,16,17). The van der Waals surface area contributed by atoms with E-state index >= 15 is 0 Å². The van der Waals surface area contributed by atoms with Gasteiger partial charge in [-0.15, -0.1) is 0 Å². The first-order chi connectivity index (χ1) is 9.91. The van der Waals surface area contributed by atoms with Crippen LogP contribution in [0.3, 0.4) is 0 Å². The fraction of sp³-hybridized carbons (Fsp3) is 0.333. The molecule has 1 aliphatic heterocycles. The van der Waals surface area contributed by atoms with E-state index < -0.39 is 18.2 Å². The summed E-state index contributed by atoms with van der Waals surface area (Å²) in [7, 11) is 0. The van der Waals surface area contributed by atoms with Gasteiger partial charge in [-0.3, -0.25) is 0 Å². The highest BCUT2D eigenvalue weighted by Gasteiger charge is 2.17. The monoisotopic (exact) mass is 294 g/mol. The Morgan fingerprint density at radius 3 is 2.76 bits per heavy atom. The van der Waals surface area contributed by atoms with Gasteiger partial charge in [0.25, 0.3) is 0 Å². The SMILES string of the molecule is C=C(C)C(=O)OCCOC1OC=CC=C1C=C(C)C(=O)O. The molecule has 0 spiro atoms. The van der Waals surface area contributed by atoms with Gasteiger partial charge in [0.15, 0.2) is 0 Å². The van der Waals surface area contributed by atoms with E-state index in [-0.39, 0.29) is 18.8 Å². The Morgan fingerprint density at radius 1 is 1.43 bits per heavy atom. The topological polar surface area (TPSA) is 82.1 Å². The molecule has 0 bridgehead atoms. The van der Waals surface area contributed by atoms with E-state index in [1.165, 1.54) is 19.3 Å². The van der Waals surface area contributed by atoms with Crippen LogP contribution in [0.1, 0.15) is 13.8 Å². The number of hydrogen-bond acceptors (Lipinski definition) is 5. The molecule has 6 nitrogen and oxygen atoms in total. The Balaban J connectivity index is 2.50. The minimum absolute atomic E-state index is 0.0597. The minimum Gasteiger partial charge on any atom is -0.478 e. The van der Waals surface area contributed by atoms with Crippen molar-refractivity contribution in [2.24, 2.45) is 0 Å². The van der Waals surface area contributed by atoms with Crippen molar-refractivity contribution < 1.29 is 28.9 Å². The molecule has 0 radical (unpaired) electrons. The lowest BCUT2D eigenvalue weighted by molar-refractivity contribution is -0.144. The third-order valence-corrected chi connectivity index (χ3v) is 2.50. The number of carboxylic acid groups (broad SMARTS) is 1. The van der Waals surface area contributed by atoms with Gasteiger partial charge in [-0.05, 0) is 32.1 Å². The van der Waals surface area contributed by atoms with Gasteiger partial charge in [0.1, 0.15) is 6.61 Å². The average molecular weight is 294 g/mol. The Kier molecular flexibility index (Phi) is 6.42. The van der Waals surface area contributed by atoms with E-state index in [0.717, 1.165) is 0 Å². The van der Waals surface area contributed by atoms with Gasteiger partial charge in [0, 0.05) is 16.7 Å². The van der Waals surface area contributed by atoms with Gasteiger partial charge >= 0.3 is 11.9 Å². The van der Waals surface area contributed by atoms with Crippen LogP contribution >= 0.6 is 0 Å². The second kappa shape index (κ2) is 8.06. The summed E-state index contributed by atoms with van der Waals surface area (Å²) in [6.07, 6.45) is 5.52. The molecule has 1 rings (SSSR count). The molecule has 114 valence electrons. The number of aliphatic carboxylic acids is 1. The van der Waals surface area contributed by atoms with Gasteiger partial charge in [-0.2, -0.15) is 0 Å². The van der Waals surface area contributed by atoms with Gasteiger partial charge in [-0.1, -0.05) is 6.58 Å². The van der Waals surface area contributed by atoms with Crippen LogP contribution in [0, 0.1) is 0 Å². The molecule has 0 amide bonds. The van der Waals surface area contributed by atoms with Crippen molar-refractivity contribution in [2.45, 2.75) is 20.1 Å². The number of ether oxygens (including phenoxy) is 3. The number of carbonyl (C=O) groups excluding carboxylic acids is 1. The van der Waals surface area contributed by atoms with Crippen LogP contribution in [0.5, 0.6) is 0 Å². The number of hydrogen-bond donors (Lipinski definition) is 1. The largest absolute Gasteiger partial charge is 0.478 e. The quantitative estimate of drug-likeness (QED) is 0.439. The van der Waals surface area contributed by atoms with Crippen molar-refractivity contribution >= 4 is 11.9 Å². The molecule has 6 heteroatoms. The lowest BCUT2D eigenvalue weighted by Crippen LogP contribution is -2.22. The molecular weight excluding hydrogens is 276 g/mol. The molecule has 1 aliphatic rings. The zero-order chi connectivity index (χ0) is 15.8. The van der Waals surface area contributed by atoms with Crippen LogP contribution in [0.25, 0.3) is 0 Å². The average Bonchev–Trinajstić information content (AvgIpc) is 2.44. The minimum atomic E-state index is -1.01. The first kappa shape index (κ1) is 16.7. The molecular formula is C15H18O6. The molecule has 0 aromatic carbocycles. The van der Waals surface area contributed by atoms with Crippen molar-refractivity contribution in [1.29, 1.82) is 0 Å². The Morgan fingerprint density at radius 2 is 2.14 bits per heavy atom. The Labute approximate surface area is 123 Å². The van der Waals surface area contributed by atoms with Crippen LogP contribution < -0.4 is 0 Å². The van der Waals surface area contributed by atoms with Crippen LogP contribution in [0.2, 0.25) is 0 Å². The molecule has 0 saturated carbocycles. The molecule has 21 heavy (non-hydrogen) atoms. The van der Waals surface area contributed by atoms with E-state index in [1.807, 2.05) is 0 Å². The maximum absolute atomic E-state index is 11.2. The smallest absolute Gasteiger partial charge is 0.333 e. The molecule has 0 aromatic heterocycles. The maximum Gasteiger partial charge on any atom is 0.333 e. The van der Waals surface area contributed by atoms with E-state index in [2.05, 4.69) is 6.58 Å². The highest BCUT2D eigenvalue weighted by Crippen LogP contribution is 2.17. The van der Waals surface area contributed by atoms with Gasteiger partial charge in [-0.25, -0.2) is 9.59 Å². The summed E-state index contributed by atoms with van der Waals surface area (Å²) in [5.74, 6) is -1.50. The lowest BCUT2D eigenvalue weighted by atomic mass is 10.1. The first-order valence-electron chi connectivity index (χ1n) is 6.30. The molecule has 0 aromatic rings. The molecule has 1 atom stereocenters. The fourth-order valence-electron chi connectivity index (χ4n) is 1.40. The zero-order valence-electron chi connectivity index (χ0n) is 12.0. The number of esters is 1. The fourth-order valence-corrected chi connectivity index (χ4v) is 1.40. The highest BCUT2D eigenvalue weighted by molar-refractivity contribution is 5.87. The summed E-state index contributed by atoms with van der Waals surface area (Å²) < 4.78 is 15.6. The van der Waals surface area contributed by atoms with Crippen molar-refractivity contribution in [3.8, 4) is 0 Å². The van der Waals surface area contributed by atoms with Crippen LogP contribution in [-0.4, -0.2) is 36.5 Å². The second-order valence-electron chi connectivity index (χ2n) is 4.38. The van der Waals surface area contributed by atoms with Crippen LogP contribution in [-0.2, 0) is 23.8 Å². The van der Waals surface area contributed by atoms with Crippen LogP contribution in [0.4, 0.5) is 0 Å². The number of allylic oxidation sites excluding steroid dienone is 2. The lowest BCUT2D eigenvalue weighted by Gasteiger charge is -2.21. The van der Waals surface area contributed by atoms with E-state index in [1.54, 1.807) is 19.1 Å². The Hall–Kier alpha value is -2.34. The molecule has 1 N–H and O–H groups in total. The molecule has 1 heterocycles. The summed E-state index contributed by atoms with van der Waals surface area (Å²) in [6, 6.07) is 0. The number of carboxylic acids is 1. The van der Waals surface area contributed by atoms with Crippen molar-refractivity contribution in [3.05, 3.63) is 47.8 Å². The summed E-state index contributed by atoms with van der Waals surface area (Å²) in [6.45, 7) is 6.68. The Bertz CT molecular complexity index is 512. The van der Waals surface area contributed by atoms with Crippen molar-refractivity contribution in [1.82, 2.24) is 0 Å². The van der Waals surface area contributed by atoms with Crippen LogP contribution in [0.15, 0.2) is 47.8 Å². The zero-order valence-corrected chi connectivity index (χ0v) is 12.0. The van der Waals surface area contributed by atoms with Gasteiger partial charge in [0.2, 0.25) is 6.29 Å². The summed E-state index contributed by atoms with van der Waals surface area (Å²) in [4.78, 5) is 22.0. The third-order valence-electron chi connectivity index (χ3n) is 2.50. The number of rotatable bonds is 7. The molecule has 0 aliphatic carbocycles.